The Morgan fingerprint density at radius 3 is 1.39 bits per heavy atom. The lowest BCUT2D eigenvalue weighted by Crippen LogP contribution is -2.47. The highest BCUT2D eigenvalue weighted by Crippen LogP contribution is 2.34. The molecule has 12 heteroatoms. The number of aromatic nitrogens is 4. The lowest BCUT2D eigenvalue weighted by molar-refractivity contribution is -0.137. The van der Waals surface area contributed by atoms with E-state index in [4.69, 9.17) is 0 Å². The number of amides is 4. The molecule has 4 heterocycles. The molecule has 2 aromatic carbocycles. The molecule has 54 heavy (non-hydrogen) atoms. The Hall–Kier alpha value is -5.70. The summed E-state index contributed by atoms with van der Waals surface area (Å²) in [5.74, 6) is 7.96. The van der Waals surface area contributed by atoms with Crippen molar-refractivity contribution >= 4 is 23.6 Å². The van der Waals surface area contributed by atoms with Crippen molar-refractivity contribution in [3.05, 3.63) is 83.7 Å². The number of hydrogen-bond donors (Lipinski definition) is 4. The monoisotopic (exact) mass is 726 g/mol. The van der Waals surface area contributed by atoms with Crippen LogP contribution in [0, 0.1) is 23.7 Å². The maximum absolute atomic E-state index is 13.2. The van der Waals surface area contributed by atoms with E-state index in [1.807, 2.05) is 58.3 Å². The van der Waals surface area contributed by atoms with Crippen molar-refractivity contribution < 1.29 is 19.2 Å². The molecule has 2 saturated carbocycles. The lowest BCUT2D eigenvalue weighted by Gasteiger charge is -2.26. The van der Waals surface area contributed by atoms with Gasteiger partial charge in [0.1, 0.15) is 23.7 Å². The molecule has 0 unspecified atom stereocenters. The molecule has 2 saturated heterocycles. The van der Waals surface area contributed by atoms with Crippen molar-refractivity contribution in [2.24, 2.45) is 11.8 Å². The highest BCUT2D eigenvalue weighted by molar-refractivity contribution is 5.90. The van der Waals surface area contributed by atoms with Crippen molar-refractivity contribution in [3.8, 4) is 34.4 Å². The number of likely N-dealkylation sites (tertiary alicyclic amines) is 2. The molecule has 2 aliphatic heterocycles. The van der Waals surface area contributed by atoms with E-state index < -0.39 is 12.1 Å². The molecule has 12 nitrogen and oxygen atoms in total. The minimum atomic E-state index is -0.555. The molecular weight excluding hydrogens is 681 g/mol. The zero-order valence-electron chi connectivity index (χ0n) is 30.7. The van der Waals surface area contributed by atoms with E-state index in [1.54, 1.807) is 26.2 Å². The minimum absolute atomic E-state index is 0.0239. The molecule has 4 fully saturated rings. The molecule has 0 bridgehead atoms. The second-order valence-electron chi connectivity index (χ2n) is 15.2. The van der Waals surface area contributed by atoms with Crippen LogP contribution < -0.4 is 10.6 Å². The smallest absolute Gasteiger partial charge is 0.245 e. The molecule has 4 atom stereocenters. The number of benzene rings is 2. The third kappa shape index (κ3) is 7.67. The Bertz CT molecular complexity index is 1950. The zero-order chi connectivity index (χ0) is 37.3. The quantitative estimate of drug-likeness (QED) is 0.168. The van der Waals surface area contributed by atoms with Gasteiger partial charge < -0.3 is 30.4 Å². The summed E-state index contributed by atoms with van der Waals surface area (Å²) in [6, 6.07) is 14.6. The fraction of sp³-hybridized carbons (Fsp3) is 0.429. The maximum atomic E-state index is 13.2. The average Bonchev–Trinajstić information content (AvgIpc) is 3.95. The van der Waals surface area contributed by atoms with E-state index in [0.29, 0.717) is 13.1 Å². The molecule has 0 spiro atoms. The van der Waals surface area contributed by atoms with Crippen LogP contribution >= 0.6 is 0 Å². The van der Waals surface area contributed by atoms with Crippen LogP contribution in [0.1, 0.15) is 100 Å². The van der Waals surface area contributed by atoms with Crippen molar-refractivity contribution in [2.75, 3.05) is 13.1 Å². The molecule has 2 aromatic heterocycles. The summed E-state index contributed by atoms with van der Waals surface area (Å²) in [5.41, 5.74) is 5.46. The Balaban J connectivity index is 0.867. The fourth-order valence-electron chi connectivity index (χ4n) is 7.52. The van der Waals surface area contributed by atoms with Gasteiger partial charge in [-0.15, -0.1) is 0 Å². The van der Waals surface area contributed by atoms with Crippen molar-refractivity contribution in [1.82, 2.24) is 40.4 Å². The maximum Gasteiger partial charge on any atom is 0.245 e. The molecule has 0 radical (unpaired) electrons. The summed E-state index contributed by atoms with van der Waals surface area (Å²) < 4.78 is 0. The fourth-order valence-corrected chi connectivity index (χ4v) is 7.52. The number of nitrogens with zero attached hydrogens (tertiary/aromatic N) is 4. The zero-order valence-corrected chi connectivity index (χ0v) is 30.7. The van der Waals surface area contributed by atoms with Gasteiger partial charge in [-0.3, -0.25) is 19.2 Å². The summed E-state index contributed by atoms with van der Waals surface area (Å²) in [6.45, 7) is 4.82. The molecule has 4 N–H and O–H groups in total. The summed E-state index contributed by atoms with van der Waals surface area (Å²) in [4.78, 5) is 70.7. The number of rotatable bonds is 10. The van der Waals surface area contributed by atoms with Gasteiger partial charge in [0.2, 0.25) is 23.6 Å². The Morgan fingerprint density at radius 2 is 1.02 bits per heavy atom. The molecule has 4 aliphatic rings. The van der Waals surface area contributed by atoms with Crippen LogP contribution in [0.3, 0.4) is 0 Å². The summed E-state index contributed by atoms with van der Waals surface area (Å²) >= 11 is 0. The van der Waals surface area contributed by atoms with E-state index in [-0.39, 0.29) is 47.5 Å². The molecule has 278 valence electrons. The first-order valence-electron chi connectivity index (χ1n) is 19.3. The first kappa shape index (κ1) is 35.3. The number of carbonyl (C=O) groups is 4. The molecule has 8 rings (SSSR count). The normalized spacial score (nSPS) is 20.6. The van der Waals surface area contributed by atoms with Crippen LogP contribution in [0.25, 0.3) is 22.5 Å². The number of H-pyrrole nitrogens is 2. The number of carbonyl (C=O) groups excluding carboxylic acids is 4. The van der Waals surface area contributed by atoms with E-state index in [2.05, 4.69) is 42.4 Å². The third-order valence-corrected chi connectivity index (χ3v) is 11.0. The third-order valence-electron chi connectivity index (χ3n) is 11.0. The van der Waals surface area contributed by atoms with Crippen LogP contribution in [0.2, 0.25) is 0 Å². The van der Waals surface area contributed by atoms with Gasteiger partial charge in [0.05, 0.1) is 35.9 Å². The second-order valence-corrected chi connectivity index (χ2v) is 15.2. The number of hydrogen-bond acceptors (Lipinski definition) is 6. The summed E-state index contributed by atoms with van der Waals surface area (Å²) in [7, 11) is 0. The van der Waals surface area contributed by atoms with Crippen molar-refractivity contribution in [2.45, 2.75) is 89.4 Å². The van der Waals surface area contributed by atoms with E-state index in [9.17, 15) is 19.2 Å². The van der Waals surface area contributed by atoms with E-state index in [0.717, 1.165) is 96.7 Å². The second kappa shape index (κ2) is 15.0. The number of imidazole rings is 2. The van der Waals surface area contributed by atoms with E-state index >= 15 is 0 Å². The standard InChI is InChI=1S/C42H46N8O4/c1-25(45-39(51)31-17-18-31)41(53)49-21-3-5-35(49)37-43-23-33(47-37)29-13-9-27(10-14-29)7-8-28-11-15-30(16-12-28)34-24-44-38(48-34)36-6-4-22-50(36)42(54)26(2)46-40(52)32-19-20-32/h9-16,23-26,31-32,35-36H,3-6,17-22H2,1-2H3,(H,43,47)(H,44,48)(H,45,51)(H,46,52)/t25-,26-,35+,36+/m1/s1. The molecule has 2 aliphatic carbocycles. The van der Waals surface area contributed by atoms with Gasteiger partial charge in [0.15, 0.2) is 0 Å². The largest absolute Gasteiger partial charge is 0.344 e. The minimum Gasteiger partial charge on any atom is -0.344 e. The van der Waals surface area contributed by atoms with Gasteiger partial charge in [-0.1, -0.05) is 36.1 Å². The van der Waals surface area contributed by atoms with Gasteiger partial charge in [-0.25, -0.2) is 9.97 Å². The first-order valence-corrected chi connectivity index (χ1v) is 19.3. The van der Waals surface area contributed by atoms with Crippen LogP contribution in [0.15, 0.2) is 60.9 Å². The van der Waals surface area contributed by atoms with Gasteiger partial charge in [-0.05, 0) is 101 Å². The molecule has 4 aromatic rings. The highest BCUT2D eigenvalue weighted by Gasteiger charge is 2.38. The van der Waals surface area contributed by atoms with Crippen LogP contribution in [-0.4, -0.2) is 78.5 Å². The van der Waals surface area contributed by atoms with E-state index in [1.165, 1.54) is 0 Å². The topological polar surface area (TPSA) is 156 Å². The van der Waals surface area contributed by atoms with Gasteiger partial charge in [-0.2, -0.15) is 0 Å². The number of nitrogens with one attached hydrogen (secondary N) is 4. The SMILES string of the molecule is C[C@@H](NC(=O)C1CC1)C(=O)N1CCC[C@H]1c1ncc(-c2ccc(C#Cc3ccc(-c4cnc([C@@H]5CCCN5C(=O)[C@@H](C)NC(=O)C5CC5)[nH]4)cc3)cc2)[nH]1. The first-order chi connectivity index (χ1) is 26.2. The van der Waals surface area contributed by atoms with Crippen LogP contribution in [-0.2, 0) is 19.2 Å². The Morgan fingerprint density at radius 1 is 0.630 bits per heavy atom. The lowest BCUT2D eigenvalue weighted by atomic mass is 10.1. The Labute approximate surface area is 314 Å². The summed E-state index contributed by atoms with van der Waals surface area (Å²) in [5, 5.41) is 5.77. The molecular formula is C42H46N8O4. The van der Waals surface area contributed by atoms with Crippen LogP contribution in [0.4, 0.5) is 0 Å². The number of aromatic amines is 2. The van der Waals surface area contributed by atoms with Crippen molar-refractivity contribution in [3.63, 3.8) is 0 Å². The van der Waals surface area contributed by atoms with Crippen molar-refractivity contribution in [1.29, 1.82) is 0 Å². The summed E-state index contributed by atoms with van der Waals surface area (Å²) in [6.07, 6.45) is 10.7. The molecule has 4 amide bonds. The van der Waals surface area contributed by atoms with Gasteiger partial charge in [0, 0.05) is 36.1 Å². The van der Waals surface area contributed by atoms with Gasteiger partial charge >= 0.3 is 0 Å². The highest BCUT2D eigenvalue weighted by atomic mass is 16.2. The van der Waals surface area contributed by atoms with Crippen LogP contribution in [0.5, 0.6) is 0 Å². The predicted molar refractivity (Wildman–Crippen MR) is 202 cm³/mol. The predicted octanol–water partition coefficient (Wildman–Crippen LogP) is 5.02. The van der Waals surface area contributed by atoms with Gasteiger partial charge in [0.25, 0.3) is 0 Å². The average molecular weight is 727 g/mol. The Kier molecular flexibility index (Phi) is 9.80.